The Hall–Kier alpha value is -1.39. The number of fused-ring (bicyclic) bond motifs is 1. The number of H-pyrrole nitrogens is 1. The van der Waals surface area contributed by atoms with Crippen LogP contribution < -0.4 is 0 Å². The molecule has 1 fully saturated rings. The van der Waals surface area contributed by atoms with Gasteiger partial charge in [0.1, 0.15) is 5.65 Å². The lowest BCUT2D eigenvalue weighted by molar-refractivity contribution is 0.0341. The van der Waals surface area contributed by atoms with Crippen molar-refractivity contribution >= 4 is 11.0 Å². The Bertz CT molecular complexity index is 474. The van der Waals surface area contributed by atoms with Crippen LogP contribution in [0.1, 0.15) is 5.56 Å². The highest BCUT2D eigenvalue weighted by molar-refractivity contribution is 5.75. The molecule has 1 aliphatic heterocycles. The van der Waals surface area contributed by atoms with Crippen molar-refractivity contribution in [2.24, 2.45) is 0 Å². The number of aromatic nitrogens is 2. The standard InChI is InChI=1S/C12H15N3O/c1-2-13-12-11(1)7-10(8-14-12)9-15-3-5-16-6-4-15/h1-2,7-8H,3-6,9H2,(H,13,14). The highest BCUT2D eigenvalue weighted by atomic mass is 16.5. The predicted octanol–water partition coefficient (Wildman–Crippen LogP) is 1.40. The lowest BCUT2D eigenvalue weighted by Crippen LogP contribution is -2.35. The Morgan fingerprint density at radius 1 is 1.38 bits per heavy atom. The number of hydrogen-bond donors (Lipinski definition) is 1. The van der Waals surface area contributed by atoms with Crippen molar-refractivity contribution in [2.75, 3.05) is 26.3 Å². The molecule has 0 radical (unpaired) electrons. The Morgan fingerprint density at radius 3 is 3.12 bits per heavy atom. The van der Waals surface area contributed by atoms with Gasteiger partial charge in [-0.1, -0.05) is 0 Å². The number of rotatable bonds is 2. The molecule has 4 nitrogen and oxygen atoms in total. The topological polar surface area (TPSA) is 41.1 Å². The van der Waals surface area contributed by atoms with E-state index in [9.17, 15) is 0 Å². The first kappa shape index (κ1) is 9.81. The van der Waals surface area contributed by atoms with E-state index in [1.165, 1.54) is 10.9 Å². The van der Waals surface area contributed by atoms with Gasteiger partial charge in [-0.25, -0.2) is 4.98 Å². The molecule has 3 heterocycles. The van der Waals surface area contributed by atoms with E-state index >= 15 is 0 Å². The van der Waals surface area contributed by atoms with Crippen LogP contribution in [0, 0.1) is 0 Å². The summed E-state index contributed by atoms with van der Waals surface area (Å²) >= 11 is 0. The monoisotopic (exact) mass is 217 g/mol. The first-order chi connectivity index (χ1) is 7.92. The molecule has 0 amide bonds. The summed E-state index contributed by atoms with van der Waals surface area (Å²) < 4.78 is 5.33. The average molecular weight is 217 g/mol. The highest BCUT2D eigenvalue weighted by Gasteiger charge is 2.11. The molecule has 4 heteroatoms. The zero-order chi connectivity index (χ0) is 10.8. The molecule has 2 aromatic rings. The van der Waals surface area contributed by atoms with Gasteiger partial charge in [-0.3, -0.25) is 4.90 Å². The number of nitrogens with one attached hydrogen (secondary N) is 1. The molecule has 0 saturated carbocycles. The first-order valence-corrected chi connectivity index (χ1v) is 5.64. The largest absolute Gasteiger partial charge is 0.379 e. The zero-order valence-corrected chi connectivity index (χ0v) is 9.15. The van der Waals surface area contributed by atoms with Crippen LogP contribution in [0.15, 0.2) is 24.5 Å². The molecule has 1 N–H and O–H groups in total. The summed E-state index contributed by atoms with van der Waals surface area (Å²) in [5.41, 5.74) is 2.24. The molecule has 0 aromatic carbocycles. The Morgan fingerprint density at radius 2 is 2.25 bits per heavy atom. The van der Waals surface area contributed by atoms with Gasteiger partial charge in [-0.15, -0.1) is 0 Å². The van der Waals surface area contributed by atoms with Crippen LogP contribution in [0.5, 0.6) is 0 Å². The third kappa shape index (κ3) is 1.94. The van der Waals surface area contributed by atoms with Crippen LogP contribution in [-0.4, -0.2) is 41.2 Å². The second-order valence-electron chi connectivity index (χ2n) is 4.15. The summed E-state index contributed by atoms with van der Waals surface area (Å²) in [6.45, 7) is 4.70. The zero-order valence-electron chi connectivity index (χ0n) is 9.15. The third-order valence-electron chi connectivity index (χ3n) is 2.97. The van der Waals surface area contributed by atoms with Gasteiger partial charge in [0, 0.05) is 37.4 Å². The van der Waals surface area contributed by atoms with Crippen LogP contribution in [0.4, 0.5) is 0 Å². The fraction of sp³-hybridized carbons (Fsp3) is 0.417. The van der Waals surface area contributed by atoms with E-state index in [1.54, 1.807) is 0 Å². The van der Waals surface area contributed by atoms with Crippen molar-refractivity contribution in [2.45, 2.75) is 6.54 Å². The van der Waals surface area contributed by atoms with E-state index in [4.69, 9.17) is 4.74 Å². The fourth-order valence-corrected chi connectivity index (χ4v) is 2.09. The molecule has 16 heavy (non-hydrogen) atoms. The molecule has 0 aliphatic carbocycles. The van der Waals surface area contributed by atoms with Gasteiger partial charge in [-0.05, 0) is 17.7 Å². The molecular formula is C12H15N3O. The summed E-state index contributed by atoms with van der Waals surface area (Å²) in [5, 5.41) is 1.19. The molecular weight excluding hydrogens is 202 g/mol. The number of morpholine rings is 1. The maximum Gasteiger partial charge on any atom is 0.137 e. The minimum absolute atomic E-state index is 0.847. The van der Waals surface area contributed by atoms with Crippen molar-refractivity contribution in [3.05, 3.63) is 30.1 Å². The van der Waals surface area contributed by atoms with E-state index < -0.39 is 0 Å². The Kier molecular flexibility index (Phi) is 2.60. The summed E-state index contributed by atoms with van der Waals surface area (Å²) in [6.07, 6.45) is 3.88. The summed E-state index contributed by atoms with van der Waals surface area (Å²) in [4.78, 5) is 9.90. The molecule has 1 aliphatic rings. The van der Waals surface area contributed by atoms with Crippen molar-refractivity contribution in [1.82, 2.24) is 14.9 Å². The second-order valence-corrected chi connectivity index (χ2v) is 4.15. The summed E-state index contributed by atoms with van der Waals surface area (Å²) in [6, 6.07) is 4.26. The number of hydrogen-bond acceptors (Lipinski definition) is 3. The predicted molar refractivity (Wildman–Crippen MR) is 62.2 cm³/mol. The van der Waals surface area contributed by atoms with E-state index in [-0.39, 0.29) is 0 Å². The normalized spacial score (nSPS) is 18.0. The van der Waals surface area contributed by atoms with Gasteiger partial charge < -0.3 is 9.72 Å². The van der Waals surface area contributed by atoms with Gasteiger partial charge in [-0.2, -0.15) is 0 Å². The molecule has 2 aromatic heterocycles. The van der Waals surface area contributed by atoms with Crippen LogP contribution in [0.2, 0.25) is 0 Å². The number of pyridine rings is 1. The molecule has 0 unspecified atom stereocenters. The number of aromatic amines is 1. The number of nitrogens with zero attached hydrogens (tertiary/aromatic N) is 2. The molecule has 3 rings (SSSR count). The summed E-state index contributed by atoms with van der Waals surface area (Å²) in [7, 11) is 0. The molecule has 0 bridgehead atoms. The van der Waals surface area contributed by atoms with Crippen LogP contribution in [0.25, 0.3) is 11.0 Å². The maximum absolute atomic E-state index is 5.33. The fourth-order valence-electron chi connectivity index (χ4n) is 2.09. The van der Waals surface area contributed by atoms with E-state index in [0.29, 0.717) is 0 Å². The maximum atomic E-state index is 5.33. The molecule has 1 saturated heterocycles. The van der Waals surface area contributed by atoms with Gasteiger partial charge in [0.25, 0.3) is 0 Å². The second kappa shape index (κ2) is 4.23. The van der Waals surface area contributed by atoms with Gasteiger partial charge >= 0.3 is 0 Å². The average Bonchev–Trinajstić information content (AvgIpc) is 2.77. The Balaban J connectivity index is 1.77. The van der Waals surface area contributed by atoms with Gasteiger partial charge in [0.2, 0.25) is 0 Å². The van der Waals surface area contributed by atoms with Crippen LogP contribution >= 0.6 is 0 Å². The van der Waals surface area contributed by atoms with E-state index in [2.05, 4.69) is 27.0 Å². The van der Waals surface area contributed by atoms with E-state index in [1.807, 2.05) is 12.4 Å². The molecule has 0 atom stereocenters. The SMILES string of the molecule is c1cc2cc(CN3CCOCC3)cnc2[nH]1. The molecule has 0 spiro atoms. The number of ether oxygens (including phenoxy) is 1. The Labute approximate surface area is 94.2 Å². The van der Waals surface area contributed by atoms with Crippen molar-refractivity contribution in [3.63, 3.8) is 0 Å². The lowest BCUT2D eigenvalue weighted by Gasteiger charge is -2.26. The first-order valence-electron chi connectivity index (χ1n) is 5.64. The van der Waals surface area contributed by atoms with Crippen molar-refractivity contribution in [1.29, 1.82) is 0 Å². The van der Waals surface area contributed by atoms with E-state index in [0.717, 1.165) is 38.5 Å². The van der Waals surface area contributed by atoms with Crippen molar-refractivity contribution < 1.29 is 4.74 Å². The highest BCUT2D eigenvalue weighted by Crippen LogP contribution is 2.13. The third-order valence-corrected chi connectivity index (χ3v) is 2.97. The molecule has 84 valence electrons. The smallest absolute Gasteiger partial charge is 0.137 e. The van der Waals surface area contributed by atoms with Gasteiger partial charge in [0.15, 0.2) is 0 Å². The van der Waals surface area contributed by atoms with Crippen LogP contribution in [0.3, 0.4) is 0 Å². The lowest BCUT2D eigenvalue weighted by atomic mass is 10.2. The minimum Gasteiger partial charge on any atom is -0.379 e. The van der Waals surface area contributed by atoms with Gasteiger partial charge in [0.05, 0.1) is 13.2 Å². The minimum atomic E-state index is 0.847. The quantitative estimate of drug-likeness (QED) is 0.826. The summed E-state index contributed by atoms with van der Waals surface area (Å²) in [5.74, 6) is 0. The van der Waals surface area contributed by atoms with Crippen LogP contribution in [-0.2, 0) is 11.3 Å². The van der Waals surface area contributed by atoms with Crippen molar-refractivity contribution in [3.8, 4) is 0 Å².